The number of carbonyl (C=O) groups is 5. The van der Waals surface area contributed by atoms with Crippen LogP contribution in [0.5, 0.6) is 0 Å². The molecule has 1 heterocycles. The van der Waals surface area contributed by atoms with E-state index in [0.717, 1.165) is 50.7 Å². The van der Waals surface area contributed by atoms with E-state index in [1.54, 1.807) is 13.8 Å². The molecule has 1 aliphatic heterocycles. The molecule has 1 fully saturated rings. The Bertz CT molecular complexity index is 1140. The van der Waals surface area contributed by atoms with Gasteiger partial charge in [-0.3, -0.25) is 19.2 Å². The maximum Gasteiger partial charge on any atom is 0.334 e. The van der Waals surface area contributed by atoms with Crippen molar-refractivity contribution in [3.63, 3.8) is 0 Å². The van der Waals surface area contributed by atoms with Crippen LogP contribution in [0.1, 0.15) is 164 Å². The van der Waals surface area contributed by atoms with Gasteiger partial charge in [0, 0.05) is 38.2 Å². The molecule has 0 saturated carbocycles. The summed E-state index contributed by atoms with van der Waals surface area (Å²) in [5.74, 6) is 1.80. The molecule has 1 saturated heterocycles. The van der Waals surface area contributed by atoms with E-state index >= 15 is 0 Å². The molecule has 2 unspecified atom stereocenters. The van der Waals surface area contributed by atoms with Gasteiger partial charge in [0.05, 0.1) is 58.6 Å². The van der Waals surface area contributed by atoms with Gasteiger partial charge in [-0.2, -0.15) is 0 Å². The van der Waals surface area contributed by atoms with Gasteiger partial charge in [0.2, 0.25) is 0 Å². The van der Waals surface area contributed by atoms with E-state index in [1.165, 1.54) is 34.3 Å². The minimum absolute atomic E-state index is 0.0231. The van der Waals surface area contributed by atoms with Crippen LogP contribution in [0.4, 0.5) is 0 Å². The molecule has 1 aliphatic rings. The highest BCUT2D eigenvalue weighted by atomic mass is 16.7. The molecule has 0 bridgehead atoms. The Hall–Kier alpha value is -2.81. The number of aliphatic hydroxyl groups excluding tert-OH is 2. The topological polar surface area (TPSA) is 190 Å². The molecule has 1 rings (SSSR count). The minimum atomic E-state index is -1.13. The van der Waals surface area contributed by atoms with Crippen LogP contribution < -0.4 is 0 Å². The van der Waals surface area contributed by atoms with Crippen LogP contribution in [-0.2, 0) is 57.1 Å². The van der Waals surface area contributed by atoms with Crippen molar-refractivity contribution in [2.45, 2.75) is 176 Å². The molecule has 0 aromatic heterocycles. The highest BCUT2D eigenvalue weighted by Gasteiger charge is 2.28. The first kappa shape index (κ1) is 67.8. The Morgan fingerprint density at radius 3 is 1.22 bits per heavy atom. The Kier molecular flexibility index (Phi) is 41.7. The molecule has 64 heavy (non-hydrogen) atoms. The molecule has 4 atom stereocenters. The van der Waals surface area contributed by atoms with Crippen molar-refractivity contribution in [1.29, 1.82) is 0 Å². The molecule has 14 nitrogen and oxygen atoms in total. The molecular formula is C50H98O14. The molecule has 14 heteroatoms. The van der Waals surface area contributed by atoms with E-state index in [-0.39, 0.29) is 66.5 Å². The van der Waals surface area contributed by atoms with Crippen molar-refractivity contribution in [3.8, 4) is 0 Å². The average Bonchev–Trinajstić information content (AvgIpc) is 3.19. The Balaban J connectivity index is -0.000000362. The second-order valence-electron chi connectivity index (χ2n) is 19.8. The van der Waals surface area contributed by atoms with Gasteiger partial charge in [-0.1, -0.05) is 103 Å². The summed E-state index contributed by atoms with van der Waals surface area (Å²) in [6.45, 7) is 39.8. The lowest BCUT2D eigenvalue weighted by molar-refractivity contribution is -0.263. The predicted molar refractivity (Wildman–Crippen MR) is 253 cm³/mol. The number of ether oxygens (including phenoxy) is 7. The number of esters is 5. The van der Waals surface area contributed by atoms with Crippen molar-refractivity contribution in [2.75, 3.05) is 53.4 Å². The Morgan fingerprint density at radius 1 is 0.594 bits per heavy atom. The van der Waals surface area contributed by atoms with E-state index in [9.17, 15) is 24.0 Å². The summed E-state index contributed by atoms with van der Waals surface area (Å²) in [6, 6.07) is 0. The molecule has 0 radical (unpaired) electrons. The third-order valence-corrected chi connectivity index (χ3v) is 9.74. The highest BCUT2D eigenvalue weighted by molar-refractivity contribution is 5.74. The maximum atomic E-state index is 11.4. The van der Waals surface area contributed by atoms with E-state index in [2.05, 4.69) is 53.2 Å². The normalized spacial score (nSPS) is 15.3. The molecule has 0 aromatic carbocycles. The zero-order chi connectivity index (χ0) is 50.7. The third kappa shape index (κ3) is 44.4. The molecule has 0 aliphatic carbocycles. The lowest BCUT2D eigenvalue weighted by Crippen LogP contribution is -2.39. The summed E-state index contributed by atoms with van der Waals surface area (Å²) >= 11 is 0. The van der Waals surface area contributed by atoms with Gasteiger partial charge < -0.3 is 43.4 Å². The zero-order valence-corrected chi connectivity index (χ0v) is 44.2. The van der Waals surface area contributed by atoms with Gasteiger partial charge in [0.1, 0.15) is 6.10 Å². The number of aliphatic hydroxyl groups is 2. The van der Waals surface area contributed by atoms with Crippen molar-refractivity contribution in [1.82, 2.24) is 0 Å². The fraction of sp³-hybridized carbons (Fsp3) is 0.900. The van der Waals surface area contributed by atoms with Crippen molar-refractivity contribution in [3.05, 3.63) is 0 Å². The monoisotopic (exact) mass is 923 g/mol. The van der Waals surface area contributed by atoms with Crippen LogP contribution in [0.2, 0.25) is 0 Å². The van der Waals surface area contributed by atoms with Crippen LogP contribution in [0, 0.1) is 65.1 Å². The number of carbonyl (C=O) groups excluding carboxylic acids is 5. The van der Waals surface area contributed by atoms with Crippen LogP contribution >= 0.6 is 0 Å². The maximum absolute atomic E-state index is 11.4. The van der Waals surface area contributed by atoms with Gasteiger partial charge in [-0.15, -0.1) is 0 Å². The first-order valence-electron chi connectivity index (χ1n) is 23.7. The molecule has 382 valence electrons. The second-order valence-corrected chi connectivity index (χ2v) is 19.8. The van der Waals surface area contributed by atoms with E-state index in [4.69, 9.17) is 38.6 Å². The lowest BCUT2D eigenvalue weighted by Gasteiger charge is -2.35. The van der Waals surface area contributed by atoms with Crippen LogP contribution in [-0.4, -0.2) is 105 Å². The molecule has 0 amide bonds. The van der Waals surface area contributed by atoms with Crippen molar-refractivity contribution >= 4 is 29.8 Å². The average molecular weight is 923 g/mol. The summed E-state index contributed by atoms with van der Waals surface area (Å²) in [6.07, 6.45) is 4.01. The van der Waals surface area contributed by atoms with E-state index in [1.807, 2.05) is 48.5 Å². The summed E-state index contributed by atoms with van der Waals surface area (Å²) < 4.78 is 35.6. The SMILES string of the molecule is CC(=O)OCC(COC(C)=O)CC(C)C.CC(C)CC(COC(=O)C(C)C)COC(=O)[C@@H](C)O.CC(C)CC1COC(C)(C)OC1.CCC(CO)CC(C)C.COC(=O)[C@@H](C)C(C)C. The largest absolute Gasteiger partial charge is 0.469 e. The second kappa shape index (κ2) is 39.4. The zero-order valence-electron chi connectivity index (χ0n) is 44.2. The number of methoxy groups -OCH3 is 1. The fourth-order valence-electron chi connectivity index (χ4n) is 5.88. The van der Waals surface area contributed by atoms with Crippen LogP contribution in [0.15, 0.2) is 0 Å². The molecular weight excluding hydrogens is 825 g/mol. The third-order valence-electron chi connectivity index (χ3n) is 9.74. The van der Waals surface area contributed by atoms with E-state index < -0.39 is 12.1 Å². The lowest BCUT2D eigenvalue weighted by atomic mass is 9.96. The van der Waals surface area contributed by atoms with Crippen molar-refractivity contribution < 1.29 is 67.3 Å². The van der Waals surface area contributed by atoms with Crippen LogP contribution in [0.25, 0.3) is 0 Å². The minimum Gasteiger partial charge on any atom is -0.469 e. The van der Waals surface area contributed by atoms with Gasteiger partial charge in [0.25, 0.3) is 0 Å². The van der Waals surface area contributed by atoms with E-state index in [0.29, 0.717) is 49.4 Å². The number of rotatable bonds is 22. The van der Waals surface area contributed by atoms with Crippen molar-refractivity contribution in [2.24, 2.45) is 65.1 Å². The summed E-state index contributed by atoms with van der Waals surface area (Å²) in [7, 11) is 1.42. The first-order chi connectivity index (χ1) is 29.4. The molecule has 2 N–H and O–H groups in total. The quantitative estimate of drug-likeness (QED) is 0.0771. The Morgan fingerprint density at radius 2 is 0.969 bits per heavy atom. The summed E-state index contributed by atoms with van der Waals surface area (Å²) in [5, 5.41) is 17.8. The first-order valence-corrected chi connectivity index (χ1v) is 23.7. The number of hydrogen-bond acceptors (Lipinski definition) is 14. The predicted octanol–water partition coefficient (Wildman–Crippen LogP) is 9.48. The van der Waals surface area contributed by atoms with Gasteiger partial charge >= 0.3 is 29.8 Å². The van der Waals surface area contributed by atoms with Gasteiger partial charge in [-0.05, 0) is 82.0 Å². The highest BCUT2D eigenvalue weighted by Crippen LogP contribution is 2.24. The molecule has 0 aromatic rings. The molecule has 0 spiro atoms. The van der Waals surface area contributed by atoms with Gasteiger partial charge in [-0.25, -0.2) is 4.79 Å². The fourth-order valence-corrected chi connectivity index (χ4v) is 5.88. The smallest absolute Gasteiger partial charge is 0.334 e. The summed E-state index contributed by atoms with van der Waals surface area (Å²) in [4.78, 5) is 54.6. The number of hydrogen-bond donors (Lipinski definition) is 2. The standard InChI is InChI=1S/C14H26O5.C11H20O4.C10H20O2.C8H18O.C7H14O2/c1-9(2)6-12(7-18-13(16)10(3)4)8-19-14(17)11(5)15;1-8(2)5-11(6-14-9(3)12)7-15-10(4)13;1-8(2)5-9-6-11-10(3,4)12-7-9;1-4-8(6-9)5-7(2)3;1-5(2)6(3)7(8)9-4/h9-12,15H,6-8H2,1-5H3;8,11H,5-7H2,1-4H3;8-9H,5-7H2,1-4H3;7-9H,4-6H2,1-3H3;5-6H,1-4H3/t11-,12?;;;;6-/m1...0/s1. The van der Waals surface area contributed by atoms with Gasteiger partial charge in [0.15, 0.2) is 5.79 Å². The summed E-state index contributed by atoms with van der Waals surface area (Å²) in [5.41, 5.74) is 0. The Labute approximate surface area is 390 Å². The van der Waals surface area contributed by atoms with Crippen LogP contribution in [0.3, 0.4) is 0 Å².